The number of aromatic nitrogens is 2. The van der Waals surface area contributed by atoms with Crippen molar-refractivity contribution in [1.29, 1.82) is 0 Å². The monoisotopic (exact) mass is 270 g/mol. The lowest BCUT2D eigenvalue weighted by molar-refractivity contribution is 0.280. The van der Waals surface area contributed by atoms with Crippen LogP contribution in [0.2, 0.25) is 10.0 Å². The summed E-state index contributed by atoms with van der Waals surface area (Å²) in [6.45, 7) is -0.113. The Morgan fingerprint density at radius 1 is 1.18 bits per heavy atom. The predicted octanol–water partition coefficient (Wildman–Crippen LogP) is 3.07. The molecular formula is C11H8Cl2N2O2. The lowest BCUT2D eigenvalue weighted by Gasteiger charge is -2.06. The van der Waals surface area contributed by atoms with Gasteiger partial charge in [-0.15, -0.1) is 0 Å². The molecule has 0 aliphatic heterocycles. The minimum atomic E-state index is -0.113. The van der Waals surface area contributed by atoms with Gasteiger partial charge in [-0.05, 0) is 12.1 Å². The maximum atomic E-state index is 8.84. The maximum Gasteiger partial charge on any atom is 0.321 e. The van der Waals surface area contributed by atoms with Crippen molar-refractivity contribution < 1.29 is 9.84 Å². The Balaban J connectivity index is 2.22. The molecule has 4 nitrogen and oxygen atoms in total. The zero-order valence-electron chi connectivity index (χ0n) is 8.60. The average Bonchev–Trinajstić information content (AvgIpc) is 2.36. The molecule has 0 atom stereocenters. The Kier molecular flexibility index (Phi) is 3.78. The van der Waals surface area contributed by atoms with Gasteiger partial charge in [0.05, 0.1) is 11.6 Å². The summed E-state index contributed by atoms with van der Waals surface area (Å²) in [4.78, 5) is 7.84. The highest BCUT2D eigenvalue weighted by molar-refractivity contribution is 6.42. The molecule has 0 radical (unpaired) electrons. The van der Waals surface area contributed by atoms with E-state index in [0.29, 0.717) is 21.4 Å². The molecule has 0 fully saturated rings. The van der Waals surface area contributed by atoms with Gasteiger partial charge in [0.15, 0.2) is 5.75 Å². The lowest BCUT2D eigenvalue weighted by atomic mass is 10.3. The van der Waals surface area contributed by atoms with E-state index in [2.05, 4.69) is 9.97 Å². The van der Waals surface area contributed by atoms with E-state index in [1.807, 2.05) is 0 Å². The van der Waals surface area contributed by atoms with Crippen LogP contribution in [0.25, 0.3) is 0 Å². The maximum absolute atomic E-state index is 8.84. The first kappa shape index (κ1) is 12.1. The molecule has 88 valence electrons. The van der Waals surface area contributed by atoms with Gasteiger partial charge < -0.3 is 9.84 Å². The van der Waals surface area contributed by atoms with Crippen LogP contribution in [0.5, 0.6) is 11.8 Å². The number of hydrogen-bond acceptors (Lipinski definition) is 4. The van der Waals surface area contributed by atoms with Crippen LogP contribution in [0.15, 0.2) is 30.6 Å². The van der Waals surface area contributed by atoms with Gasteiger partial charge in [-0.2, -0.15) is 0 Å². The first-order chi connectivity index (χ1) is 8.20. The minimum Gasteiger partial charge on any atom is -0.423 e. The van der Waals surface area contributed by atoms with Crippen molar-refractivity contribution in [2.75, 3.05) is 0 Å². The van der Waals surface area contributed by atoms with Crippen LogP contribution in [-0.2, 0) is 6.61 Å². The number of aliphatic hydroxyl groups is 1. The largest absolute Gasteiger partial charge is 0.423 e. The van der Waals surface area contributed by atoms with Gasteiger partial charge in [0.1, 0.15) is 5.02 Å². The predicted molar refractivity (Wildman–Crippen MR) is 64.5 cm³/mol. The summed E-state index contributed by atoms with van der Waals surface area (Å²) in [6, 6.07) is 5.18. The zero-order valence-corrected chi connectivity index (χ0v) is 10.1. The molecule has 17 heavy (non-hydrogen) atoms. The highest BCUT2D eigenvalue weighted by atomic mass is 35.5. The summed E-state index contributed by atoms with van der Waals surface area (Å²) in [5, 5.41) is 9.55. The quantitative estimate of drug-likeness (QED) is 0.932. The number of hydrogen-bond donors (Lipinski definition) is 1. The van der Waals surface area contributed by atoms with Crippen LogP contribution in [0.4, 0.5) is 0 Å². The molecule has 0 saturated heterocycles. The average molecular weight is 271 g/mol. The fourth-order valence-electron chi connectivity index (χ4n) is 1.14. The van der Waals surface area contributed by atoms with Crippen LogP contribution >= 0.6 is 23.2 Å². The zero-order chi connectivity index (χ0) is 12.3. The van der Waals surface area contributed by atoms with Crippen LogP contribution in [0, 0.1) is 0 Å². The number of nitrogens with zero attached hydrogens (tertiary/aromatic N) is 2. The second-order valence-electron chi connectivity index (χ2n) is 3.19. The highest BCUT2D eigenvalue weighted by Gasteiger charge is 2.07. The fourth-order valence-corrected chi connectivity index (χ4v) is 1.47. The van der Waals surface area contributed by atoms with Gasteiger partial charge in [-0.25, -0.2) is 9.97 Å². The Morgan fingerprint density at radius 2 is 1.88 bits per heavy atom. The number of aliphatic hydroxyl groups excluding tert-OH is 1. The van der Waals surface area contributed by atoms with Gasteiger partial charge >= 0.3 is 6.01 Å². The van der Waals surface area contributed by atoms with Crippen molar-refractivity contribution in [2.45, 2.75) is 6.61 Å². The van der Waals surface area contributed by atoms with E-state index in [1.54, 1.807) is 18.2 Å². The van der Waals surface area contributed by atoms with Gasteiger partial charge in [-0.1, -0.05) is 29.3 Å². The van der Waals surface area contributed by atoms with Crippen LogP contribution in [-0.4, -0.2) is 15.1 Å². The molecule has 6 heteroatoms. The number of benzene rings is 1. The Bertz CT molecular complexity index is 517. The Hall–Kier alpha value is -1.36. The smallest absolute Gasteiger partial charge is 0.321 e. The van der Waals surface area contributed by atoms with E-state index < -0.39 is 0 Å². The van der Waals surface area contributed by atoms with E-state index in [1.165, 1.54) is 12.4 Å². The molecule has 1 heterocycles. The SMILES string of the molecule is OCc1cnc(Oc2cccc(Cl)c2Cl)nc1. The van der Waals surface area contributed by atoms with Gasteiger partial charge in [0.25, 0.3) is 0 Å². The third kappa shape index (κ3) is 2.85. The molecule has 0 aliphatic rings. The van der Waals surface area contributed by atoms with E-state index in [-0.39, 0.29) is 12.6 Å². The van der Waals surface area contributed by atoms with Gasteiger partial charge in [0.2, 0.25) is 0 Å². The topological polar surface area (TPSA) is 55.2 Å². The van der Waals surface area contributed by atoms with Crippen molar-refractivity contribution in [3.63, 3.8) is 0 Å². The summed E-state index contributed by atoms with van der Waals surface area (Å²) in [7, 11) is 0. The van der Waals surface area contributed by atoms with Crippen LogP contribution in [0.1, 0.15) is 5.56 Å². The number of halogens is 2. The van der Waals surface area contributed by atoms with Crippen molar-refractivity contribution in [2.24, 2.45) is 0 Å². The van der Waals surface area contributed by atoms with Gasteiger partial charge in [0, 0.05) is 18.0 Å². The van der Waals surface area contributed by atoms with Crippen molar-refractivity contribution in [3.05, 3.63) is 46.2 Å². The molecule has 0 unspecified atom stereocenters. The standard InChI is InChI=1S/C11H8Cl2N2O2/c12-8-2-1-3-9(10(8)13)17-11-14-4-7(6-16)5-15-11/h1-5,16H,6H2. The molecule has 1 aromatic heterocycles. The van der Waals surface area contributed by atoms with Crippen molar-refractivity contribution in [3.8, 4) is 11.8 Å². The van der Waals surface area contributed by atoms with Crippen LogP contribution in [0.3, 0.4) is 0 Å². The third-order valence-electron chi connectivity index (χ3n) is 1.98. The third-order valence-corrected chi connectivity index (χ3v) is 2.78. The second-order valence-corrected chi connectivity index (χ2v) is 3.97. The van der Waals surface area contributed by atoms with Gasteiger partial charge in [-0.3, -0.25) is 0 Å². The molecule has 0 saturated carbocycles. The molecule has 1 aromatic carbocycles. The summed E-state index contributed by atoms with van der Waals surface area (Å²) in [6.07, 6.45) is 2.95. The van der Waals surface area contributed by atoms with Crippen LogP contribution < -0.4 is 4.74 Å². The Morgan fingerprint density at radius 3 is 2.53 bits per heavy atom. The second kappa shape index (κ2) is 5.31. The minimum absolute atomic E-state index is 0.113. The Labute approximate surface area is 108 Å². The van der Waals surface area contributed by atoms with Crippen molar-refractivity contribution in [1.82, 2.24) is 9.97 Å². The normalized spacial score (nSPS) is 10.3. The summed E-state index contributed by atoms with van der Waals surface area (Å²) in [5.41, 5.74) is 0.606. The van der Waals surface area contributed by atoms with E-state index >= 15 is 0 Å². The van der Waals surface area contributed by atoms with Crippen molar-refractivity contribution >= 4 is 23.2 Å². The number of rotatable bonds is 3. The molecule has 2 rings (SSSR count). The molecule has 0 aliphatic carbocycles. The molecular weight excluding hydrogens is 263 g/mol. The number of ether oxygens (including phenoxy) is 1. The van der Waals surface area contributed by atoms with E-state index in [9.17, 15) is 0 Å². The van der Waals surface area contributed by atoms with E-state index in [0.717, 1.165) is 0 Å². The molecule has 0 bridgehead atoms. The highest BCUT2D eigenvalue weighted by Crippen LogP contribution is 2.33. The summed E-state index contributed by atoms with van der Waals surface area (Å²) in [5.74, 6) is 0.385. The molecule has 1 N–H and O–H groups in total. The lowest BCUT2D eigenvalue weighted by Crippen LogP contribution is -1.94. The molecule has 0 spiro atoms. The fraction of sp³-hybridized carbons (Fsp3) is 0.0909. The van der Waals surface area contributed by atoms with E-state index in [4.69, 9.17) is 33.0 Å². The first-order valence-corrected chi connectivity index (χ1v) is 5.50. The molecule has 0 amide bonds. The first-order valence-electron chi connectivity index (χ1n) is 4.74. The molecule has 2 aromatic rings. The summed E-state index contributed by atoms with van der Waals surface area (Å²) >= 11 is 11.8. The summed E-state index contributed by atoms with van der Waals surface area (Å²) < 4.78 is 5.37.